The van der Waals surface area contributed by atoms with E-state index in [9.17, 15) is 14.4 Å². The van der Waals surface area contributed by atoms with Gasteiger partial charge in [-0.15, -0.1) is 5.06 Å². The number of carbonyl (C=O) groups is 3. The van der Waals surface area contributed by atoms with Gasteiger partial charge < -0.3 is 15.1 Å². The van der Waals surface area contributed by atoms with E-state index in [1.165, 1.54) is 52.0 Å². The molecule has 0 aliphatic rings. The molecule has 0 amide bonds. The zero-order valence-electron chi connectivity index (χ0n) is 15.5. The number of hydrogen-bond donors (Lipinski definition) is 2. The van der Waals surface area contributed by atoms with Crippen LogP contribution >= 0.6 is 0 Å². The lowest BCUT2D eigenvalue weighted by Crippen LogP contribution is -2.41. The molecule has 0 heterocycles. The van der Waals surface area contributed by atoms with Crippen molar-refractivity contribution in [2.24, 2.45) is 0 Å². The Morgan fingerprint density at radius 3 is 1.80 bits per heavy atom. The van der Waals surface area contributed by atoms with E-state index in [-0.39, 0.29) is 6.42 Å². The molecule has 0 bridgehead atoms. The van der Waals surface area contributed by atoms with E-state index in [4.69, 9.17) is 15.1 Å². The van der Waals surface area contributed by atoms with E-state index in [2.05, 4.69) is 6.92 Å². The Labute approximate surface area is 150 Å². The SMILES string of the molecule is CCCCCCCCCCCCC(=O)ON(C)[C@@H](CC(=O)O)C(=O)O. The van der Waals surface area contributed by atoms with Crippen LogP contribution in [0, 0.1) is 0 Å². The number of nitrogens with zero attached hydrogens (tertiary/aromatic N) is 1. The predicted octanol–water partition coefficient (Wildman–Crippen LogP) is 3.62. The van der Waals surface area contributed by atoms with Crippen LogP contribution in [0.15, 0.2) is 0 Å². The van der Waals surface area contributed by atoms with Gasteiger partial charge in [-0.2, -0.15) is 0 Å². The number of unbranched alkanes of at least 4 members (excludes halogenated alkanes) is 9. The van der Waals surface area contributed by atoms with E-state index in [0.29, 0.717) is 6.42 Å². The highest BCUT2D eigenvalue weighted by Crippen LogP contribution is 2.12. The summed E-state index contributed by atoms with van der Waals surface area (Å²) in [7, 11) is 1.26. The first kappa shape index (κ1) is 23.4. The molecule has 0 aromatic heterocycles. The van der Waals surface area contributed by atoms with E-state index in [1.807, 2.05) is 0 Å². The largest absolute Gasteiger partial charge is 0.481 e. The van der Waals surface area contributed by atoms with Crippen molar-refractivity contribution in [3.05, 3.63) is 0 Å². The molecule has 0 unspecified atom stereocenters. The summed E-state index contributed by atoms with van der Waals surface area (Å²) in [5.41, 5.74) is 0. The van der Waals surface area contributed by atoms with Gasteiger partial charge in [0, 0.05) is 13.5 Å². The summed E-state index contributed by atoms with van der Waals surface area (Å²) >= 11 is 0. The van der Waals surface area contributed by atoms with E-state index >= 15 is 0 Å². The van der Waals surface area contributed by atoms with Crippen molar-refractivity contribution in [2.45, 2.75) is 90.0 Å². The fourth-order valence-corrected chi connectivity index (χ4v) is 2.56. The summed E-state index contributed by atoms with van der Waals surface area (Å²) in [6, 6.07) is -1.38. The van der Waals surface area contributed by atoms with Gasteiger partial charge in [-0.25, -0.2) is 0 Å². The molecule has 0 aliphatic heterocycles. The molecule has 0 aromatic carbocycles. The molecule has 0 saturated carbocycles. The third-order valence-electron chi connectivity index (χ3n) is 4.07. The average molecular weight is 359 g/mol. The number of carboxylic acid groups (broad SMARTS) is 2. The normalized spacial score (nSPS) is 12.1. The zero-order chi connectivity index (χ0) is 19.1. The lowest BCUT2D eigenvalue weighted by Gasteiger charge is -2.21. The Morgan fingerprint density at radius 2 is 1.36 bits per heavy atom. The van der Waals surface area contributed by atoms with Crippen molar-refractivity contribution in [1.29, 1.82) is 0 Å². The summed E-state index contributed by atoms with van der Waals surface area (Å²) in [6.45, 7) is 2.21. The van der Waals surface area contributed by atoms with Crippen LogP contribution in [0.25, 0.3) is 0 Å². The average Bonchev–Trinajstić information content (AvgIpc) is 2.53. The van der Waals surface area contributed by atoms with Crippen molar-refractivity contribution in [3.8, 4) is 0 Å². The molecule has 7 nitrogen and oxygen atoms in total. The van der Waals surface area contributed by atoms with Gasteiger partial charge in [0.2, 0.25) is 0 Å². The van der Waals surface area contributed by atoms with Crippen LogP contribution in [0.1, 0.15) is 84.0 Å². The van der Waals surface area contributed by atoms with Crippen molar-refractivity contribution in [2.75, 3.05) is 7.05 Å². The smallest absolute Gasteiger partial charge is 0.325 e. The number of carboxylic acids is 2. The summed E-state index contributed by atoms with van der Waals surface area (Å²) in [4.78, 5) is 38.3. The fraction of sp³-hybridized carbons (Fsp3) is 0.833. The predicted molar refractivity (Wildman–Crippen MR) is 94.0 cm³/mol. The van der Waals surface area contributed by atoms with Gasteiger partial charge in [0.15, 0.2) is 6.04 Å². The molecule has 0 aromatic rings. The molecular weight excluding hydrogens is 326 g/mol. The molecule has 1 atom stereocenters. The molecule has 0 saturated heterocycles. The van der Waals surface area contributed by atoms with Crippen LogP contribution in [0.2, 0.25) is 0 Å². The summed E-state index contributed by atoms with van der Waals surface area (Å²) < 4.78 is 0. The van der Waals surface area contributed by atoms with Crippen molar-refractivity contribution in [1.82, 2.24) is 5.06 Å². The molecule has 0 radical (unpaired) electrons. The van der Waals surface area contributed by atoms with Crippen LogP contribution in [0.3, 0.4) is 0 Å². The highest BCUT2D eigenvalue weighted by atomic mass is 16.7. The van der Waals surface area contributed by atoms with Gasteiger partial charge in [0.25, 0.3) is 0 Å². The van der Waals surface area contributed by atoms with Gasteiger partial charge >= 0.3 is 17.9 Å². The van der Waals surface area contributed by atoms with Crippen LogP contribution in [0.5, 0.6) is 0 Å². The van der Waals surface area contributed by atoms with Crippen LogP contribution in [-0.4, -0.2) is 46.3 Å². The molecule has 2 N–H and O–H groups in total. The summed E-state index contributed by atoms with van der Waals surface area (Å²) in [5, 5.41) is 18.5. The molecule has 0 spiro atoms. The number of likely N-dealkylation sites (N-methyl/N-ethyl adjacent to an activating group) is 1. The summed E-state index contributed by atoms with van der Waals surface area (Å²) in [5.74, 6) is -3.12. The van der Waals surface area contributed by atoms with Crippen molar-refractivity contribution < 1.29 is 29.4 Å². The minimum Gasteiger partial charge on any atom is -0.481 e. The highest BCUT2D eigenvalue weighted by Gasteiger charge is 2.28. The standard InChI is InChI=1S/C18H33NO6/c1-3-4-5-6-7-8-9-10-11-12-13-17(22)25-19(2)15(18(23)24)14-16(20)21/h15H,3-14H2,1-2H3,(H,20,21)(H,23,24)/t15-/m0/s1. The Hall–Kier alpha value is -1.63. The molecule has 7 heteroatoms. The van der Waals surface area contributed by atoms with Gasteiger partial charge in [0.05, 0.1) is 6.42 Å². The zero-order valence-corrected chi connectivity index (χ0v) is 15.5. The second-order valence-electron chi connectivity index (χ2n) is 6.39. The first-order chi connectivity index (χ1) is 11.9. The lowest BCUT2D eigenvalue weighted by molar-refractivity contribution is -0.201. The Bertz CT molecular complexity index is 399. The first-order valence-electron chi connectivity index (χ1n) is 9.26. The molecule has 0 aliphatic carbocycles. The maximum absolute atomic E-state index is 11.7. The van der Waals surface area contributed by atoms with Gasteiger partial charge in [-0.1, -0.05) is 64.7 Å². The maximum Gasteiger partial charge on any atom is 0.325 e. The molecule has 0 fully saturated rings. The van der Waals surface area contributed by atoms with E-state index in [0.717, 1.165) is 17.9 Å². The van der Waals surface area contributed by atoms with E-state index < -0.39 is 30.4 Å². The second kappa shape index (κ2) is 14.7. The van der Waals surface area contributed by atoms with Crippen LogP contribution in [0.4, 0.5) is 0 Å². The van der Waals surface area contributed by atoms with Crippen molar-refractivity contribution >= 4 is 17.9 Å². The quantitative estimate of drug-likeness (QED) is 0.320. The number of rotatable bonds is 16. The number of hydroxylamine groups is 2. The third-order valence-corrected chi connectivity index (χ3v) is 4.07. The minimum absolute atomic E-state index is 0.209. The van der Waals surface area contributed by atoms with Crippen molar-refractivity contribution in [3.63, 3.8) is 0 Å². The van der Waals surface area contributed by atoms with E-state index in [1.54, 1.807) is 0 Å². The molecular formula is C18H33NO6. The highest BCUT2D eigenvalue weighted by molar-refractivity contribution is 5.80. The van der Waals surface area contributed by atoms with Gasteiger partial charge in [0.1, 0.15) is 0 Å². The van der Waals surface area contributed by atoms with Crippen LogP contribution < -0.4 is 0 Å². The Morgan fingerprint density at radius 1 is 0.880 bits per heavy atom. The van der Waals surface area contributed by atoms with Gasteiger partial charge in [-0.05, 0) is 6.42 Å². The lowest BCUT2D eigenvalue weighted by atomic mass is 10.1. The fourth-order valence-electron chi connectivity index (χ4n) is 2.56. The summed E-state index contributed by atoms with van der Waals surface area (Å²) in [6.07, 6.45) is 11.1. The number of carbonyl (C=O) groups excluding carboxylic acids is 1. The van der Waals surface area contributed by atoms with Crippen LogP contribution in [-0.2, 0) is 19.2 Å². The first-order valence-corrected chi connectivity index (χ1v) is 9.26. The minimum atomic E-state index is -1.38. The monoisotopic (exact) mass is 359 g/mol. The number of hydrogen-bond acceptors (Lipinski definition) is 5. The Balaban J connectivity index is 3.75. The molecule has 146 valence electrons. The molecule has 0 rings (SSSR count). The Kier molecular flexibility index (Phi) is 13.7. The topological polar surface area (TPSA) is 104 Å². The second-order valence-corrected chi connectivity index (χ2v) is 6.39. The molecule has 25 heavy (non-hydrogen) atoms. The maximum atomic E-state index is 11.7. The van der Waals surface area contributed by atoms with Gasteiger partial charge in [-0.3, -0.25) is 14.4 Å². The third kappa shape index (κ3) is 13.3. The number of aliphatic carboxylic acids is 2.